The average Bonchev–Trinajstić information content (AvgIpc) is 2.36. The van der Waals surface area contributed by atoms with Gasteiger partial charge >= 0.3 is 0 Å². The molecule has 1 N–H and O–H groups in total. The molecule has 0 saturated heterocycles. The average molecular weight is 427 g/mol. The number of hydrogen-bond donors (Lipinski definition) is 1. The van der Waals surface area contributed by atoms with Gasteiger partial charge in [-0.05, 0) is 59.3 Å². The first-order valence-electron chi connectivity index (χ1n) is 5.64. The first kappa shape index (κ1) is 15.2. The van der Waals surface area contributed by atoms with Crippen LogP contribution in [0, 0.1) is 3.57 Å². The van der Waals surface area contributed by atoms with Gasteiger partial charge in [-0.3, -0.25) is 0 Å². The molecule has 0 amide bonds. The van der Waals surface area contributed by atoms with Gasteiger partial charge < -0.3 is 5.32 Å². The smallest absolute Gasteiger partial charge is 0.0782 e. The van der Waals surface area contributed by atoms with Crippen molar-refractivity contribution in [1.29, 1.82) is 0 Å². The SMILES string of the molecule is CC(Nc1cccc(I)c1)c1ccc(Cl)c(Cl)c1Cl. The monoisotopic (exact) mass is 425 g/mol. The van der Waals surface area contributed by atoms with Crippen LogP contribution in [0.2, 0.25) is 15.1 Å². The Morgan fingerprint density at radius 3 is 2.47 bits per heavy atom. The lowest BCUT2D eigenvalue weighted by Crippen LogP contribution is -2.07. The first-order valence-corrected chi connectivity index (χ1v) is 7.86. The Morgan fingerprint density at radius 2 is 1.79 bits per heavy atom. The van der Waals surface area contributed by atoms with Crippen LogP contribution in [0.5, 0.6) is 0 Å². The van der Waals surface area contributed by atoms with Gasteiger partial charge in [-0.2, -0.15) is 0 Å². The van der Waals surface area contributed by atoms with Gasteiger partial charge in [-0.15, -0.1) is 0 Å². The fourth-order valence-electron chi connectivity index (χ4n) is 1.78. The summed E-state index contributed by atoms with van der Waals surface area (Å²) in [5, 5.41) is 4.76. The van der Waals surface area contributed by atoms with Crippen LogP contribution in [0.25, 0.3) is 0 Å². The standard InChI is InChI=1S/C14H11Cl3IN/c1-8(19-10-4-2-3-9(18)7-10)11-5-6-12(15)14(17)13(11)16/h2-8,19H,1H3. The second-order valence-corrected chi connectivity index (χ2v) is 6.55. The van der Waals surface area contributed by atoms with E-state index in [9.17, 15) is 0 Å². The quantitative estimate of drug-likeness (QED) is 0.441. The third-order valence-corrected chi connectivity index (χ3v) is 4.72. The molecule has 0 aliphatic carbocycles. The maximum Gasteiger partial charge on any atom is 0.0782 e. The molecule has 0 spiro atoms. The van der Waals surface area contributed by atoms with E-state index in [0.29, 0.717) is 15.1 Å². The van der Waals surface area contributed by atoms with Crippen molar-refractivity contribution in [1.82, 2.24) is 0 Å². The zero-order chi connectivity index (χ0) is 14.0. The highest BCUT2D eigenvalue weighted by Crippen LogP contribution is 2.36. The molecule has 19 heavy (non-hydrogen) atoms. The van der Waals surface area contributed by atoms with E-state index in [0.717, 1.165) is 11.3 Å². The van der Waals surface area contributed by atoms with Crippen molar-refractivity contribution in [2.45, 2.75) is 13.0 Å². The van der Waals surface area contributed by atoms with Crippen molar-refractivity contribution in [2.75, 3.05) is 5.32 Å². The predicted molar refractivity (Wildman–Crippen MR) is 92.7 cm³/mol. The molecule has 1 nitrogen and oxygen atoms in total. The molecule has 0 saturated carbocycles. The van der Waals surface area contributed by atoms with E-state index in [-0.39, 0.29) is 6.04 Å². The van der Waals surface area contributed by atoms with E-state index >= 15 is 0 Å². The Kier molecular flexibility index (Phi) is 5.23. The topological polar surface area (TPSA) is 12.0 Å². The fourth-order valence-corrected chi connectivity index (χ4v) is 3.03. The molecule has 100 valence electrons. The maximum absolute atomic E-state index is 6.23. The molecule has 0 radical (unpaired) electrons. The van der Waals surface area contributed by atoms with Crippen LogP contribution in [-0.2, 0) is 0 Å². The minimum absolute atomic E-state index is 0.0421. The normalized spacial score (nSPS) is 12.3. The van der Waals surface area contributed by atoms with Crippen molar-refractivity contribution in [2.24, 2.45) is 0 Å². The summed E-state index contributed by atoms with van der Waals surface area (Å²) in [6, 6.07) is 11.8. The predicted octanol–water partition coefficient (Wildman–Crippen LogP) is 6.42. The number of benzene rings is 2. The Hall–Kier alpha value is -0.160. The van der Waals surface area contributed by atoms with Crippen LogP contribution in [0.15, 0.2) is 36.4 Å². The Morgan fingerprint density at radius 1 is 1.05 bits per heavy atom. The second kappa shape index (κ2) is 6.53. The van der Waals surface area contributed by atoms with Crippen molar-refractivity contribution >= 4 is 63.1 Å². The van der Waals surface area contributed by atoms with Gasteiger partial charge in [-0.25, -0.2) is 0 Å². The molecule has 1 unspecified atom stereocenters. The summed E-state index contributed by atoms with van der Waals surface area (Å²) < 4.78 is 1.18. The van der Waals surface area contributed by atoms with Gasteiger partial charge in [-0.1, -0.05) is 46.9 Å². The minimum Gasteiger partial charge on any atom is -0.378 e. The number of rotatable bonds is 3. The third-order valence-electron chi connectivity index (χ3n) is 2.74. The van der Waals surface area contributed by atoms with Gasteiger partial charge in [0.05, 0.1) is 21.1 Å². The summed E-state index contributed by atoms with van der Waals surface area (Å²) in [6.07, 6.45) is 0. The summed E-state index contributed by atoms with van der Waals surface area (Å²) in [5.41, 5.74) is 1.97. The first-order chi connectivity index (χ1) is 8.99. The fraction of sp³-hybridized carbons (Fsp3) is 0.143. The molecule has 5 heteroatoms. The van der Waals surface area contributed by atoms with Gasteiger partial charge in [0, 0.05) is 9.26 Å². The number of halogens is 4. The summed E-state index contributed by atoms with van der Waals surface area (Å²) in [4.78, 5) is 0. The van der Waals surface area contributed by atoms with E-state index in [4.69, 9.17) is 34.8 Å². The van der Waals surface area contributed by atoms with Crippen molar-refractivity contribution in [3.8, 4) is 0 Å². The third kappa shape index (κ3) is 3.69. The van der Waals surface area contributed by atoms with Crippen LogP contribution in [0.1, 0.15) is 18.5 Å². The minimum atomic E-state index is 0.0421. The molecule has 2 aromatic rings. The molecular weight excluding hydrogens is 415 g/mol. The van der Waals surface area contributed by atoms with E-state index in [1.807, 2.05) is 31.2 Å². The van der Waals surface area contributed by atoms with Crippen LogP contribution < -0.4 is 5.32 Å². The largest absolute Gasteiger partial charge is 0.378 e. The van der Waals surface area contributed by atoms with Crippen LogP contribution in [-0.4, -0.2) is 0 Å². The van der Waals surface area contributed by atoms with Gasteiger partial charge in [0.15, 0.2) is 0 Å². The Balaban J connectivity index is 2.25. The van der Waals surface area contributed by atoms with Crippen LogP contribution >= 0.6 is 57.4 Å². The maximum atomic E-state index is 6.23. The van der Waals surface area contributed by atoms with E-state index in [1.165, 1.54) is 3.57 Å². The zero-order valence-electron chi connectivity index (χ0n) is 10.1. The lowest BCUT2D eigenvalue weighted by atomic mass is 10.1. The summed E-state index contributed by atoms with van der Waals surface area (Å²) >= 11 is 20.5. The highest BCUT2D eigenvalue weighted by atomic mass is 127. The van der Waals surface area contributed by atoms with Crippen molar-refractivity contribution in [3.63, 3.8) is 0 Å². The van der Waals surface area contributed by atoms with Gasteiger partial charge in [0.1, 0.15) is 0 Å². The van der Waals surface area contributed by atoms with E-state index < -0.39 is 0 Å². The Labute approximate surface area is 141 Å². The van der Waals surface area contributed by atoms with E-state index in [1.54, 1.807) is 6.07 Å². The summed E-state index contributed by atoms with van der Waals surface area (Å²) in [6.45, 7) is 2.03. The zero-order valence-corrected chi connectivity index (χ0v) is 14.5. The molecule has 2 aromatic carbocycles. The molecule has 1 atom stereocenters. The molecule has 0 aromatic heterocycles. The molecule has 0 bridgehead atoms. The van der Waals surface area contributed by atoms with Gasteiger partial charge in [0.2, 0.25) is 0 Å². The lowest BCUT2D eigenvalue weighted by molar-refractivity contribution is 0.885. The number of anilines is 1. The second-order valence-electron chi connectivity index (χ2n) is 4.14. The molecule has 0 aliphatic heterocycles. The van der Waals surface area contributed by atoms with Crippen molar-refractivity contribution in [3.05, 3.63) is 60.6 Å². The summed E-state index contributed by atoms with van der Waals surface area (Å²) in [5.74, 6) is 0. The highest BCUT2D eigenvalue weighted by molar-refractivity contribution is 14.1. The number of hydrogen-bond acceptors (Lipinski definition) is 1. The number of nitrogens with one attached hydrogen (secondary N) is 1. The summed E-state index contributed by atoms with van der Waals surface area (Å²) in [7, 11) is 0. The van der Waals surface area contributed by atoms with Crippen LogP contribution in [0.3, 0.4) is 0 Å². The highest BCUT2D eigenvalue weighted by Gasteiger charge is 2.14. The lowest BCUT2D eigenvalue weighted by Gasteiger charge is -2.18. The van der Waals surface area contributed by atoms with Gasteiger partial charge in [0.25, 0.3) is 0 Å². The molecule has 0 aliphatic rings. The molecule has 0 fully saturated rings. The Bertz CT molecular complexity index is 601. The molecule has 2 rings (SSSR count). The van der Waals surface area contributed by atoms with E-state index in [2.05, 4.69) is 34.0 Å². The molecular formula is C14H11Cl3IN. The van der Waals surface area contributed by atoms with Crippen LogP contribution in [0.4, 0.5) is 5.69 Å². The molecule has 0 heterocycles. The van der Waals surface area contributed by atoms with Crippen molar-refractivity contribution < 1.29 is 0 Å².